The van der Waals surface area contributed by atoms with Gasteiger partial charge in [-0.25, -0.2) is 0 Å². The lowest BCUT2D eigenvalue weighted by Crippen LogP contribution is -2.40. The molecule has 0 saturated heterocycles. The molecule has 2 aromatic carbocycles. The number of halogens is 1. The number of carbonyl (C=O) groups excluding carboxylic acids is 1. The van der Waals surface area contributed by atoms with Crippen LogP contribution in [0.4, 0.5) is 0 Å². The lowest BCUT2D eigenvalue weighted by atomic mass is 9.97. The molecule has 2 heterocycles. The second-order valence-electron chi connectivity index (χ2n) is 7.12. The van der Waals surface area contributed by atoms with Gasteiger partial charge in [-0.3, -0.25) is 9.69 Å². The van der Waals surface area contributed by atoms with E-state index in [0.717, 1.165) is 19.5 Å². The zero-order valence-corrected chi connectivity index (χ0v) is 17.8. The van der Waals surface area contributed by atoms with Gasteiger partial charge in [-0.15, -0.1) is 0 Å². The van der Waals surface area contributed by atoms with Crippen LogP contribution >= 0.6 is 22.9 Å². The Balaban J connectivity index is 1.52. The van der Waals surface area contributed by atoms with Gasteiger partial charge < -0.3 is 10.1 Å². The van der Waals surface area contributed by atoms with E-state index in [9.17, 15) is 4.79 Å². The third-order valence-corrected chi connectivity index (χ3v) is 6.33. The largest absolute Gasteiger partial charge is 0.496 e. The molecule has 1 aromatic heterocycles. The van der Waals surface area contributed by atoms with E-state index >= 15 is 0 Å². The number of ether oxygens (including phenoxy) is 1. The predicted octanol–water partition coefficient (Wildman–Crippen LogP) is 4.94. The summed E-state index contributed by atoms with van der Waals surface area (Å²) in [5.41, 5.74) is 4.46. The first kappa shape index (κ1) is 20.0. The van der Waals surface area contributed by atoms with E-state index in [-0.39, 0.29) is 11.9 Å². The first-order valence-corrected chi connectivity index (χ1v) is 10.9. The van der Waals surface area contributed by atoms with E-state index in [0.29, 0.717) is 22.9 Å². The molecule has 0 spiro atoms. The minimum absolute atomic E-state index is 0.115. The van der Waals surface area contributed by atoms with Gasteiger partial charge in [0.15, 0.2) is 0 Å². The lowest BCUT2D eigenvalue weighted by molar-refractivity contribution is 0.0925. The number of carbonyl (C=O) groups is 1. The summed E-state index contributed by atoms with van der Waals surface area (Å²) < 4.78 is 5.33. The smallest absolute Gasteiger partial charge is 0.255 e. The summed E-state index contributed by atoms with van der Waals surface area (Å²) in [7, 11) is 1.55. The fraction of sp³-hybridized carbons (Fsp3) is 0.261. The molecule has 1 amide bonds. The third kappa shape index (κ3) is 4.47. The Morgan fingerprint density at radius 2 is 2.07 bits per heavy atom. The molecule has 4 nitrogen and oxygen atoms in total. The molecule has 1 N–H and O–H groups in total. The zero-order valence-electron chi connectivity index (χ0n) is 16.2. The van der Waals surface area contributed by atoms with Crippen LogP contribution in [-0.4, -0.2) is 31.0 Å². The second kappa shape index (κ2) is 8.99. The Hall–Kier alpha value is -2.34. The molecule has 0 bridgehead atoms. The number of thiophene rings is 1. The van der Waals surface area contributed by atoms with Crippen molar-refractivity contribution in [1.82, 2.24) is 10.2 Å². The quantitative estimate of drug-likeness (QED) is 0.607. The van der Waals surface area contributed by atoms with Crippen LogP contribution in [0.3, 0.4) is 0 Å². The maximum Gasteiger partial charge on any atom is 0.255 e. The van der Waals surface area contributed by atoms with Crippen molar-refractivity contribution in [1.29, 1.82) is 0 Å². The Morgan fingerprint density at radius 3 is 2.83 bits per heavy atom. The molecule has 1 atom stereocenters. The van der Waals surface area contributed by atoms with Gasteiger partial charge in [0.1, 0.15) is 5.75 Å². The molecule has 1 aliphatic heterocycles. The van der Waals surface area contributed by atoms with Gasteiger partial charge in [-0.05, 0) is 58.1 Å². The highest BCUT2D eigenvalue weighted by Gasteiger charge is 2.26. The third-order valence-electron chi connectivity index (χ3n) is 5.39. The van der Waals surface area contributed by atoms with Crippen molar-refractivity contribution >= 4 is 28.8 Å². The van der Waals surface area contributed by atoms with Gasteiger partial charge in [-0.2, -0.15) is 11.3 Å². The van der Waals surface area contributed by atoms with Crippen LogP contribution < -0.4 is 10.1 Å². The number of nitrogens with zero attached hydrogens (tertiary/aromatic N) is 1. The SMILES string of the molecule is COc1ccc(Cl)cc1C(=O)NC[C@H](c1ccsc1)N1CCc2ccccc2C1. The number of amides is 1. The molecule has 150 valence electrons. The Morgan fingerprint density at radius 1 is 1.24 bits per heavy atom. The molecule has 0 fully saturated rings. The molecule has 0 aliphatic carbocycles. The van der Waals surface area contributed by atoms with Gasteiger partial charge in [-0.1, -0.05) is 35.9 Å². The van der Waals surface area contributed by atoms with Crippen molar-refractivity contribution < 1.29 is 9.53 Å². The fourth-order valence-corrected chi connectivity index (χ4v) is 4.73. The number of hydrogen-bond acceptors (Lipinski definition) is 4. The van der Waals surface area contributed by atoms with Gasteiger partial charge in [0.2, 0.25) is 0 Å². The van der Waals surface area contributed by atoms with E-state index in [1.54, 1.807) is 36.6 Å². The Labute approximate surface area is 180 Å². The molecule has 0 radical (unpaired) electrons. The number of methoxy groups -OCH3 is 1. The second-order valence-corrected chi connectivity index (χ2v) is 8.33. The fourth-order valence-electron chi connectivity index (χ4n) is 3.85. The van der Waals surface area contributed by atoms with Crippen LogP contribution in [0.2, 0.25) is 5.02 Å². The van der Waals surface area contributed by atoms with Gasteiger partial charge in [0.25, 0.3) is 5.91 Å². The molecule has 1 aliphatic rings. The number of fused-ring (bicyclic) bond motifs is 1. The van der Waals surface area contributed by atoms with Crippen molar-refractivity contribution in [2.24, 2.45) is 0 Å². The molecule has 6 heteroatoms. The molecule has 4 rings (SSSR count). The van der Waals surface area contributed by atoms with Gasteiger partial charge >= 0.3 is 0 Å². The summed E-state index contributed by atoms with van der Waals surface area (Å²) in [6, 6.07) is 15.9. The summed E-state index contributed by atoms with van der Waals surface area (Å²) in [5, 5.41) is 7.86. The minimum Gasteiger partial charge on any atom is -0.496 e. The van der Waals surface area contributed by atoms with Crippen LogP contribution in [0, 0.1) is 0 Å². The van der Waals surface area contributed by atoms with Gasteiger partial charge in [0.05, 0.1) is 18.7 Å². The summed E-state index contributed by atoms with van der Waals surface area (Å²) in [4.78, 5) is 15.3. The van der Waals surface area contributed by atoms with E-state index < -0.39 is 0 Å². The maximum atomic E-state index is 12.9. The standard InChI is InChI=1S/C23H23ClN2O2S/c1-28-22-7-6-19(24)12-20(22)23(27)25-13-21(18-9-11-29-15-18)26-10-8-16-4-2-3-5-17(16)14-26/h2-7,9,11-12,15,21H,8,10,13-14H2,1H3,(H,25,27)/t21-/m1/s1. The normalized spacial score (nSPS) is 14.8. The van der Waals surface area contributed by atoms with Crippen molar-refractivity contribution in [2.45, 2.75) is 19.0 Å². The molecular formula is C23H23ClN2O2S. The van der Waals surface area contributed by atoms with Crippen molar-refractivity contribution in [3.05, 3.63) is 86.6 Å². The van der Waals surface area contributed by atoms with Crippen molar-refractivity contribution in [3.63, 3.8) is 0 Å². The molecule has 0 unspecified atom stereocenters. The topological polar surface area (TPSA) is 41.6 Å². The Kier molecular flexibility index (Phi) is 6.19. The average Bonchev–Trinajstić information content (AvgIpc) is 3.28. The van der Waals surface area contributed by atoms with E-state index in [1.807, 2.05) is 0 Å². The van der Waals surface area contributed by atoms with Crippen molar-refractivity contribution in [2.75, 3.05) is 20.2 Å². The van der Waals surface area contributed by atoms with Crippen LogP contribution in [0.5, 0.6) is 5.75 Å². The highest BCUT2D eigenvalue weighted by Crippen LogP contribution is 2.29. The maximum absolute atomic E-state index is 12.9. The summed E-state index contributed by atoms with van der Waals surface area (Å²) in [6.07, 6.45) is 1.02. The van der Waals surface area contributed by atoms with E-state index in [4.69, 9.17) is 16.3 Å². The molecular weight excluding hydrogens is 404 g/mol. The molecule has 3 aromatic rings. The first-order chi connectivity index (χ1) is 14.2. The number of rotatable bonds is 6. The number of benzene rings is 2. The van der Waals surface area contributed by atoms with Crippen LogP contribution in [0.25, 0.3) is 0 Å². The molecule has 29 heavy (non-hydrogen) atoms. The van der Waals surface area contributed by atoms with Crippen LogP contribution in [0.1, 0.15) is 33.1 Å². The highest BCUT2D eigenvalue weighted by molar-refractivity contribution is 7.08. The lowest BCUT2D eigenvalue weighted by Gasteiger charge is -2.35. The van der Waals surface area contributed by atoms with Crippen molar-refractivity contribution in [3.8, 4) is 5.75 Å². The monoisotopic (exact) mass is 426 g/mol. The molecule has 0 saturated carbocycles. The van der Waals surface area contributed by atoms with Crippen LogP contribution in [0.15, 0.2) is 59.3 Å². The van der Waals surface area contributed by atoms with E-state index in [1.165, 1.54) is 16.7 Å². The number of nitrogens with one attached hydrogen (secondary N) is 1. The van der Waals surface area contributed by atoms with Gasteiger partial charge in [0, 0.05) is 24.7 Å². The Bertz CT molecular complexity index is 990. The zero-order chi connectivity index (χ0) is 20.2. The summed E-state index contributed by atoms with van der Waals surface area (Å²) >= 11 is 7.77. The van der Waals surface area contributed by atoms with Crippen LogP contribution in [-0.2, 0) is 13.0 Å². The predicted molar refractivity (Wildman–Crippen MR) is 118 cm³/mol. The average molecular weight is 427 g/mol. The minimum atomic E-state index is -0.179. The first-order valence-electron chi connectivity index (χ1n) is 9.60. The summed E-state index contributed by atoms with van der Waals surface area (Å²) in [6.45, 7) is 2.37. The van der Waals surface area contributed by atoms with E-state index in [2.05, 4.69) is 51.3 Å². The number of hydrogen-bond donors (Lipinski definition) is 1. The highest BCUT2D eigenvalue weighted by atomic mass is 35.5. The summed E-state index contributed by atoms with van der Waals surface area (Å²) in [5.74, 6) is 0.341.